The highest BCUT2D eigenvalue weighted by molar-refractivity contribution is 5.98. The van der Waals surface area contributed by atoms with Gasteiger partial charge in [-0.05, 0) is 49.1 Å². The molecular formula is C20H22N2O3. The first kappa shape index (κ1) is 17.2. The van der Waals surface area contributed by atoms with E-state index >= 15 is 0 Å². The molecule has 1 heterocycles. The summed E-state index contributed by atoms with van der Waals surface area (Å²) in [4.78, 5) is 24.5. The molecule has 2 amide bonds. The number of hydrogen-bond donors (Lipinski definition) is 2. The summed E-state index contributed by atoms with van der Waals surface area (Å²) in [6.45, 7) is 1.75. The molecule has 0 bridgehead atoms. The smallest absolute Gasteiger partial charge is 0.260 e. The average molecular weight is 338 g/mol. The largest absolute Gasteiger partial charge is 0.364 e. The third kappa shape index (κ3) is 3.56. The summed E-state index contributed by atoms with van der Waals surface area (Å²) >= 11 is 0. The Morgan fingerprint density at radius 3 is 2.64 bits per heavy atom. The molecule has 2 aromatic rings. The van der Waals surface area contributed by atoms with E-state index < -0.39 is 5.60 Å². The van der Waals surface area contributed by atoms with Gasteiger partial charge in [0.25, 0.3) is 5.91 Å². The van der Waals surface area contributed by atoms with Crippen molar-refractivity contribution in [2.45, 2.75) is 31.8 Å². The number of rotatable bonds is 4. The number of ether oxygens (including phenoxy) is 1. The summed E-state index contributed by atoms with van der Waals surface area (Å²) in [5.74, 6) is -0.203. The second kappa shape index (κ2) is 7.07. The lowest BCUT2D eigenvalue weighted by Gasteiger charge is -2.27. The maximum atomic E-state index is 12.8. The number of anilines is 2. The average Bonchev–Trinajstić information content (AvgIpc) is 2.82. The quantitative estimate of drug-likeness (QED) is 0.897. The van der Waals surface area contributed by atoms with E-state index in [-0.39, 0.29) is 11.8 Å². The number of nitrogens with one attached hydrogen (secondary N) is 2. The van der Waals surface area contributed by atoms with E-state index in [0.29, 0.717) is 12.1 Å². The molecule has 0 saturated carbocycles. The first-order valence-electron chi connectivity index (χ1n) is 8.38. The summed E-state index contributed by atoms with van der Waals surface area (Å²) in [6, 6.07) is 14.9. The fraction of sp³-hybridized carbons (Fsp3) is 0.300. The molecule has 0 radical (unpaired) electrons. The number of benzene rings is 2. The lowest BCUT2D eigenvalue weighted by atomic mass is 9.94. The maximum absolute atomic E-state index is 12.8. The van der Waals surface area contributed by atoms with Crippen molar-refractivity contribution in [1.29, 1.82) is 0 Å². The van der Waals surface area contributed by atoms with E-state index in [4.69, 9.17) is 4.74 Å². The third-order valence-corrected chi connectivity index (χ3v) is 4.65. The predicted octanol–water partition coefficient (Wildman–Crippen LogP) is 3.46. The molecule has 3 rings (SSSR count). The van der Waals surface area contributed by atoms with Crippen LogP contribution in [-0.2, 0) is 26.3 Å². The van der Waals surface area contributed by atoms with Crippen LogP contribution >= 0.6 is 0 Å². The molecule has 25 heavy (non-hydrogen) atoms. The van der Waals surface area contributed by atoms with E-state index in [1.165, 1.54) is 7.11 Å². The summed E-state index contributed by atoms with van der Waals surface area (Å²) in [5.41, 5.74) is 2.25. The van der Waals surface area contributed by atoms with E-state index in [0.717, 1.165) is 29.7 Å². The van der Waals surface area contributed by atoms with Crippen LogP contribution in [0.2, 0.25) is 0 Å². The van der Waals surface area contributed by atoms with Gasteiger partial charge in [0.05, 0.1) is 0 Å². The Hall–Kier alpha value is -2.66. The summed E-state index contributed by atoms with van der Waals surface area (Å²) in [5, 5.41) is 5.83. The highest BCUT2D eigenvalue weighted by atomic mass is 16.5. The second-order valence-corrected chi connectivity index (χ2v) is 6.33. The molecule has 1 aliphatic heterocycles. The normalized spacial score (nSPS) is 16.2. The standard InChI is InChI=1S/C20H22N2O3/c1-20(25-2,15-8-4-3-5-9-15)19(24)21-16-11-12-17-14(13-16)7-6-10-18(23)22-17/h3-5,8-9,11-13H,6-7,10H2,1-2H3,(H,21,24)(H,22,23)/t20-/m1/s1. The fourth-order valence-corrected chi connectivity index (χ4v) is 3.00. The van der Waals surface area contributed by atoms with E-state index in [1.54, 1.807) is 13.0 Å². The maximum Gasteiger partial charge on any atom is 0.260 e. The number of aryl methyl sites for hydroxylation is 1. The molecule has 5 heteroatoms. The van der Waals surface area contributed by atoms with Gasteiger partial charge in [-0.25, -0.2) is 0 Å². The van der Waals surface area contributed by atoms with Crippen molar-refractivity contribution in [2.75, 3.05) is 17.7 Å². The zero-order valence-electron chi connectivity index (χ0n) is 14.5. The molecule has 130 valence electrons. The van der Waals surface area contributed by atoms with Gasteiger partial charge in [-0.1, -0.05) is 30.3 Å². The Morgan fingerprint density at radius 1 is 1.16 bits per heavy atom. The molecule has 5 nitrogen and oxygen atoms in total. The molecule has 0 unspecified atom stereocenters. The Kier molecular flexibility index (Phi) is 4.86. The number of methoxy groups -OCH3 is 1. The molecule has 0 saturated heterocycles. The van der Waals surface area contributed by atoms with Gasteiger partial charge in [-0.15, -0.1) is 0 Å². The van der Waals surface area contributed by atoms with E-state index in [2.05, 4.69) is 10.6 Å². The highest BCUT2D eigenvalue weighted by Crippen LogP contribution is 2.29. The molecule has 1 aliphatic rings. The van der Waals surface area contributed by atoms with Crippen LogP contribution in [0.25, 0.3) is 0 Å². The summed E-state index contributed by atoms with van der Waals surface area (Å²) in [7, 11) is 1.53. The lowest BCUT2D eigenvalue weighted by Crippen LogP contribution is -2.39. The van der Waals surface area contributed by atoms with Crippen molar-refractivity contribution in [1.82, 2.24) is 0 Å². The van der Waals surface area contributed by atoms with Crippen molar-refractivity contribution in [2.24, 2.45) is 0 Å². The number of hydrogen-bond acceptors (Lipinski definition) is 3. The molecule has 0 aromatic heterocycles. The third-order valence-electron chi connectivity index (χ3n) is 4.65. The molecule has 0 fully saturated rings. The lowest BCUT2D eigenvalue weighted by molar-refractivity contribution is -0.136. The van der Waals surface area contributed by atoms with Crippen LogP contribution in [0.3, 0.4) is 0 Å². The van der Waals surface area contributed by atoms with Gasteiger partial charge in [-0.3, -0.25) is 9.59 Å². The van der Waals surface area contributed by atoms with Gasteiger partial charge in [-0.2, -0.15) is 0 Å². The van der Waals surface area contributed by atoms with Crippen LogP contribution in [0, 0.1) is 0 Å². The topological polar surface area (TPSA) is 67.4 Å². The highest BCUT2D eigenvalue weighted by Gasteiger charge is 2.35. The van der Waals surface area contributed by atoms with E-state index in [9.17, 15) is 9.59 Å². The first-order valence-corrected chi connectivity index (χ1v) is 8.38. The molecule has 0 spiro atoms. The summed E-state index contributed by atoms with van der Waals surface area (Å²) in [6.07, 6.45) is 2.13. The van der Waals surface area contributed by atoms with Gasteiger partial charge in [0.1, 0.15) is 0 Å². The first-order chi connectivity index (χ1) is 12.0. The minimum absolute atomic E-state index is 0.0339. The van der Waals surface area contributed by atoms with Crippen molar-refractivity contribution >= 4 is 23.2 Å². The van der Waals surface area contributed by atoms with Crippen molar-refractivity contribution in [3.05, 3.63) is 59.7 Å². The number of amides is 2. The number of fused-ring (bicyclic) bond motifs is 1. The van der Waals surface area contributed by atoms with Crippen LogP contribution in [0.15, 0.2) is 48.5 Å². The van der Waals surface area contributed by atoms with Gasteiger partial charge >= 0.3 is 0 Å². The van der Waals surface area contributed by atoms with Gasteiger partial charge in [0.2, 0.25) is 5.91 Å². The molecule has 1 atom stereocenters. The molecule has 0 aliphatic carbocycles. The van der Waals surface area contributed by atoms with Gasteiger partial charge in [0, 0.05) is 24.9 Å². The minimum Gasteiger partial charge on any atom is -0.364 e. The van der Waals surface area contributed by atoms with Crippen molar-refractivity contribution < 1.29 is 14.3 Å². The van der Waals surface area contributed by atoms with E-state index in [1.807, 2.05) is 42.5 Å². The number of carbonyl (C=O) groups is 2. The predicted molar refractivity (Wildman–Crippen MR) is 97.4 cm³/mol. The van der Waals surface area contributed by atoms with Gasteiger partial charge in [0.15, 0.2) is 5.60 Å². The van der Waals surface area contributed by atoms with Crippen LogP contribution in [0.1, 0.15) is 30.9 Å². The second-order valence-electron chi connectivity index (χ2n) is 6.33. The zero-order chi connectivity index (χ0) is 17.9. The Bertz CT molecular complexity index is 789. The minimum atomic E-state index is -1.08. The monoisotopic (exact) mass is 338 g/mol. The van der Waals surface area contributed by atoms with Crippen molar-refractivity contribution in [3.63, 3.8) is 0 Å². The molecule has 2 aromatic carbocycles. The van der Waals surface area contributed by atoms with Crippen LogP contribution in [0.4, 0.5) is 11.4 Å². The van der Waals surface area contributed by atoms with Crippen LogP contribution < -0.4 is 10.6 Å². The van der Waals surface area contributed by atoms with Crippen LogP contribution in [-0.4, -0.2) is 18.9 Å². The Labute approximate surface area is 147 Å². The fourth-order valence-electron chi connectivity index (χ4n) is 3.00. The zero-order valence-corrected chi connectivity index (χ0v) is 14.5. The van der Waals surface area contributed by atoms with Crippen molar-refractivity contribution in [3.8, 4) is 0 Å². The summed E-state index contributed by atoms with van der Waals surface area (Å²) < 4.78 is 5.54. The SMILES string of the molecule is CO[C@@](C)(C(=O)Nc1ccc2c(c1)CCCC(=O)N2)c1ccccc1. The Morgan fingerprint density at radius 2 is 1.92 bits per heavy atom. The Balaban J connectivity index is 1.83. The van der Waals surface area contributed by atoms with Gasteiger partial charge < -0.3 is 15.4 Å². The molecular weight excluding hydrogens is 316 g/mol. The number of carbonyl (C=O) groups excluding carboxylic acids is 2. The molecule has 2 N–H and O–H groups in total. The van der Waals surface area contributed by atoms with Crippen LogP contribution in [0.5, 0.6) is 0 Å².